The van der Waals surface area contributed by atoms with Gasteiger partial charge in [-0.3, -0.25) is 4.79 Å². The first-order chi connectivity index (χ1) is 7.70. The van der Waals surface area contributed by atoms with Crippen LogP contribution in [-0.4, -0.2) is 23.5 Å². The van der Waals surface area contributed by atoms with Gasteiger partial charge in [-0.05, 0) is 25.0 Å². The molecule has 86 valence electrons. The zero-order valence-electron chi connectivity index (χ0n) is 8.89. The van der Waals surface area contributed by atoms with Crippen LogP contribution in [0.5, 0.6) is 5.75 Å². The Morgan fingerprint density at radius 3 is 2.44 bits per heavy atom. The number of unbranched alkanes of at least 4 members (excludes halogenated alkanes) is 1. The van der Waals surface area contributed by atoms with Crippen molar-refractivity contribution < 1.29 is 19.4 Å². The van der Waals surface area contributed by atoms with Crippen molar-refractivity contribution >= 4 is 11.8 Å². The lowest BCUT2D eigenvalue weighted by Gasteiger charge is -2.04. The molecule has 0 aliphatic heterocycles. The molecule has 0 amide bonds. The third-order valence-electron chi connectivity index (χ3n) is 2.05. The van der Waals surface area contributed by atoms with Crippen molar-refractivity contribution in [3.63, 3.8) is 0 Å². The van der Waals surface area contributed by atoms with Crippen molar-refractivity contribution in [2.45, 2.75) is 19.3 Å². The first-order valence-electron chi connectivity index (χ1n) is 5.14. The summed E-state index contributed by atoms with van der Waals surface area (Å²) < 4.78 is 5.39. The summed E-state index contributed by atoms with van der Waals surface area (Å²) in [4.78, 5) is 20.9. The standard InChI is InChI=1S/C12H14O4/c13-11(12(14)15)8-4-5-9-16-10-6-2-1-3-7-10/h1-3,6-7H,4-5,8-9H2,(H,14,15). The number of carboxylic acid groups (broad SMARTS) is 1. The van der Waals surface area contributed by atoms with Gasteiger partial charge < -0.3 is 9.84 Å². The molecule has 0 saturated carbocycles. The fourth-order valence-electron chi connectivity index (χ4n) is 1.20. The van der Waals surface area contributed by atoms with Gasteiger partial charge in [0.25, 0.3) is 0 Å². The predicted octanol–water partition coefficient (Wildman–Crippen LogP) is 1.89. The van der Waals surface area contributed by atoms with Crippen molar-refractivity contribution in [3.8, 4) is 5.75 Å². The Hall–Kier alpha value is -1.84. The molecule has 0 aliphatic rings. The van der Waals surface area contributed by atoms with Gasteiger partial charge in [-0.25, -0.2) is 4.79 Å². The highest BCUT2D eigenvalue weighted by Gasteiger charge is 2.09. The van der Waals surface area contributed by atoms with E-state index in [1.807, 2.05) is 30.3 Å². The lowest BCUT2D eigenvalue weighted by atomic mass is 10.2. The zero-order valence-corrected chi connectivity index (χ0v) is 8.89. The fourth-order valence-corrected chi connectivity index (χ4v) is 1.20. The minimum Gasteiger partial charge on any atom is -0.494 e. The molecule has 0 aromatic heterocycles. The van der Waals surface area contributed by atoms with Gasteiger partial charge in [-0.2, -0.15) is 0 Å². The van der Waals surface area contributed by atoms with E-state index in [1.54, 1.807) is 0 Å². The predicted molar refractivity (Wildman–Crippen MR) is 58.4 cm³/mol. The van der Waals surface area contributed by atoms with E-state index in [0.29, 0.717) is 19.4 Å². The first kappa shape index (κ1) is 12.2. The molecule has 0 aliphatic carbocycles. The second-order valence-electron chi connectivity index (χ2n) is 3.35. The Morgan fingerprint density at radius 1 is 1.12 bits per heavy atom. The highest BCUT2D eigenvalue weighted by atomic mass is 16.5. The van der Waals surface area contributed by atoms with E-state index in [4.69, 9.17) is 9.84 Å². The molecule has 0 atom stereocenters. The van der Waals surface area contributed by atoms with Gasteiger partial charge in [0.1, 0.15) is 5.75 Å². The van der Waals surface area contributed by atoms with E-state index in [0.717, 1.165) is 5.75 Å². The molecular weight excluding hydrogens is 208 g/mol. The molecule has 0 radical (unpaired) electrons. The minimum absolute atomic E-state index is 0.0769. The molecule has 0 bridgehead atoms. The third kappa shape index (κ3) is 4.59. The normalized spacial score (nSPS) is 9.75. The van der Waals surface area contributed by atoms with Gasteiger partial charge in [-0.15, -0.1) is 0 Å². The molecule has 4 heteroatoms. The van der Waals surface area contributed by atoms with Crippen LogP contribution in [-0.2, 0) is 9.59 Å². The monoisotopic (exact) mass is 222 g/mol. The number of ketones is 1. The van der Waals surface area contributed by atoms with Crippen LogP contribution in [0.15, 0.2) is 30.3 Å². The summed E-state index contributed by atoms with van der Waals surface area (Å²) in [7, 11) is 0. The van der Waals surface area contributed by atoms with Gasteiger partial charge in [-0.1, -0.05) is 18.2 Å². The van der Waals surface area contributed by atoms with Crippen LogP contribution in [0.4, 0.5) is 0 Å². The minimum atomic E-state index is -1.36. The van der Waals surface area contributed by atoms with Gasteiger partial charge >= 0.3 is 5.97 Å². The molecule has 0 fully saturated rings. The highest BCUT2D eigenvalue weighted by Crippen LogP contribution is 2.09. The van der Waals surface area contributed by atoms with Crippen molar-refractivity contribution in [2.24, 2.45) is 0 Å². The van der Waals surface area contributed by atoms with Crippen LogP contribution in [0, 0.1) is 0 Å². The lowest BCUT2D eigenvalue weighted by molar-refractivity contribution is -0.149. The molecule has 1 aromatic rings. The SMILES string of the molecule is O=C(O)C(=O)CCCCOc1ccccc1. The second-order valence-corrected chi connectivity index (χ2v) is 3.35. The summed E-state index contributed by atoms with van der Waals surface area (Å²) in [6.07, 6.45) is 1.29. The smallest absolute Gasteiger partial charge is 0.372 e. The summed E-state index contributed by atoms with van der Waals surface area (Å²) in [5.74, 6) is -1.31. The second kappa shape index (κ2) is 6.61. The average molecular weight is 222 g/mol. The molecule has 0 spiro atoms. The van der Waals surface area contributed by atoms with Crippen molar-refractivity contribution in [1.82, 2.24) is 0 Å². The van der Waals surface area contributed by atoms with Gasteiger partial charge in [0.15, 0.2) is 0 Å². The number of carboxylic acids is 1. The first-order valence-corrected chi connectivity index (χ1v) is 5.14. The number of Topliss-reactive ketones (excluding diaryl/α,β-unsaturated/α-hetero) is 1. The van der Waals surface area contributed by atoms with Crippen LogP contribution < -0.4 is 4.74 Å². The van der Waals surface area contributed by atoms with Crippen LogP contribution in [0.2, 0.25) is 0 Å². The van der Waals surface area contributed by atoms with Crippen molar-refractivity contribution in [3.05, 3.63) is 30.3 Å². The fraction of sp³-hybridized carbons (Fsp3) is 0.333. The maximum Gasteiger partial charge on any atom is 0.372 e. The van der Waals surface area contributed by atoms with E-state index in [9.17, 15) is 9.59 Å². The molecule has 1 rings (SSSR count). The van der Waals surface area contributed by atoms with E-state index in [1.165, 1.54) is 0 Å². The molecule has 0 heterocycles. The van der Waals surface area contributed by atoms with E-state index >= 15 is 0 Å². The number of hydrogen-bond acceptors (Lipinski definition) is 3. The average Bonchev–Trinajstić information content (AvgIpc) is 2.29. The Morgan fingerprint density at radius 2 is 1.81 bits per heavy atom. The Kier molecular flexibility index (Phi) is 5.05. The maximum absolute atomic E-state index is 10.7. The Labute approximate surface area is 93.9 Å². The van der Waals surface area contributed by atoms with Crippen LogP contribution >= 0.6 is 0 Å². The topological polar surface area (TPSA) is 63.6 Å². The molecular formula is C12H14O4. The van der Waals surface area contributed by atoms with Crippen molar-refractivity contribution in [1.29, 1.82) is 0 Å². The van der Waals surface area contributed by atoms with E-state index in [-0.39, 0.29) is 6.42 Å². The van der Waals surface area contributed by atoms with Crippen LogP contribution in [0.25, 0.3) is 0 Å². The van der Waals surface area contributed by atoms with E-state index in [2.05, 4.69) is 0 Å². The largest absolute Gasteiger partial charge is 0.494 e. The summed E-state index contributed by atoms with van der Waals surface area (Å²) in [5, 5.41) is 8.34. The number of ether oxygens (including phenoxy) is 1. The maximum atomic E-state index is 10.7. The van der Waals surface area contributed by atoms with Crippen LogP contribution in [0.1, 0.15) is 19.3 Å². The van der Waals surface area contributed by atoms with E-state index < -0.39 is 11.8 Å². The zero-order chi connectivity index (χ0) is 11.8. The number of carbonyl (C=O) groups is 2. The number of hydrogen-bond donors (Lipinski definition) is 1. The quantitative estimate of drug-likeness (QED) is 0.565. The molecule has 4 nitrogen and oxygen atoms in total. The summed E-state index contributed by atoms with van der Waals surface area (Å²) in [6.45, 7) is 0.497. The molecule has 1 N–H and O–H groups in total. The van der Waals surface area contributed by atoms with Gasteiger partial charge in [0.2, 0.25) is 5.78 Å². The Balaban J connectivity index is 2.09. The molecule has 16 heavy (non-hydrogen) atoms. The number of rotatable bonds is 7. The van der Waals surface area contributed by atoms with Crippen molar-refractivity contribution in [2.75, 3.05) is 6.61 Å². The summed E-state index contributed by atoms with van der Waals surface area (Å²) in [5.41, 5.74) is 0. The number of aliphatic carboxylic acids is 1. The molecule has 0 unspecified atom stereocenters. The van der Waals surface area contributed by atoms with Gasteiger partial charge in [0, 0.05) is 6.42 Å². The van der Waals surface area contributed by atoms with Gasteiger partial charge in [0.05, 0.1) is 6.61 Å². The Bertz CT molecular complexity index is 345. The summed E-state index contributed by atoms with van der Waals surface area (Å²) >= 11 is 0. The molecule has 1 aromatic carbocycles. The number of carbonyl (C=O) groups excluding carboxylic acids is 1. The van der Waals surface area contributed by atoms with Crippen LogP contribution in [0.3, 0.4) is 0 Å². The molecule has 0 saturated heterocycles. The highest BCUT2D eigenvalue weighted by molar-refractivity contribution is 6.32. The third-order valence-corrected chi connectivity index (χ3v) is 2.05. The number of benzene rings is 1. The summed E-state index contributed by atoms with van der Waals surface area (Å²) in [6, 6.07) is 9.36. The number of para-hydroxylation sites is 1. The lowest BCUT2D eigenvalue weighted by Crippen LogP contribution is -2.12.